The Bertz CT molecular complexity index is 1570. The van der Waals surface area contributed by atoms with Crippen LogP contribution in [0.3, 0.4) is 0 Å². The van der Waals surface area contributed by atoms with E-state index in [0.717, 1.165) is 0 Å². The van der Waals surface area contributed by atoms with Crippen LogP contribution < -0.4 is 0 Å². The third kappa shape index (κ3) is 3.74. The molecule has 2 N–H and O–H groups in total. The first-order valence-corrected chi connectivity index (χ1v) is 16.6. The van der Waals surface area contributed by atoms with Gasteiger partial charge in [-0.3, -0.25) is 19.2 Å². The van der Waals surface area contributed by atoms with Gasteiger partial charge in [0.15, 0.2) is 11.4 Å². The van der Waals surface area contributed by atoms with Gasteiger partial charge < -0.3 is 33.9 Å². The lowest BCUT2D eigenvalue weighted by Gasteiger charge is -2.62. The van der Waals surface area contributed by atoms with E-state index in [1.807, 2.05) is 27.7 Å². The van der Waals surface area contributed by atoms with Crippen LogP contribution in [-0.2, 0) is 47.7 Å². The topological polar surface area (TPSA) is 175 Å². The predicted molar refractivity (Wildman–Crippen MR) is 159 cm³/mol. The van der Waals surface area contributed by atoms with E-state index in [-0.39, 0.29) is 17.8 Å². The zero-order valence-electron chi connectivity index (χ0n) is 28.2. The van der Waals surface area contributed by atoms with E-state index in [1.165, 1.54) is 27.7 Å². The smallest absolute Gasteiger partial charge is 0.343 e. The lowest BCUT2D eigenvalue weighted by Crippen LogP contribution is -2.66. The van der Waals surface area contributed by atoms with E-state index in [0.29, 0.717) is 12.0 Å². The maximum atomic E-state index is 14.4. The number of hydrogen-bond acceptors (Lipinski definition) is 12. The van der Waals surface area contributed by atoms with Crippen LogP contribution in [0.25, 0.3) is 0 Å². The highest BCUT2D eigenvalue weighted by Gasteiger charge is 2.81. The Kier molecular flexibility index (Phi) is 6.65. The molecule has 12 heteroatoms. The molecule has 7 rings (SSSR count). The highest BCUT2D eigenvalue weighted by molar-refractivity contribution is 5.98. The number of hydrogen-bond donors (Lipinski definition) is 2. The predicted octanol–water partition coefficient (Wildman–Crippen LogP) is 2.95. The Hall–Kier alpha value is -3.25. The van der Waals surface area contributed by atoms with Crippen LogP contribution in [0.5, 0.6) is 0 Å². The molecule has 0 aromatic carbocycles. The lowest BCUT2D eigenvalue weighted by molar-refractivity contribution is -0.199. The second-order valence-electron chi connectivity index (χ2n) is 15.9. The number of aliphatic hydroxyl groups is 2. The summed E-state index contributed by atoms with van der Waals surface area (Å²) in [6.45, 7) is 14.6. The number of fused-ring (bicyclic) bond motifs is 10. The Morgan fingerprint density at radius 2 is 1.47 bits per heavy atom. The first-order chi connectivity index (χ1) is 21.7. The van der Waals surface area contributed by atoms with E-state index in [9.17, 15) is 34.2 Å². The van der Waals surface area contributed by atoms with Gasteiger partial charge in [0.25, 0.3) is 0 Å². The van der Waals surface area contributed by atoms with E-state index < -0.39 is 117 Å². The zero-order valence-corrected chi connectivity index (χ0v) is 28.2. The van der Waals surface area contributed by atoms with Gasteiger partial charge in [-0.05, 0) is 43.8 Å². The highest BCUT2D eigenvalue weighted by Crippen LogP contribution is 2.76. The molecule has 47 heavy (non-hydrogen) atoms. The quantitative estimate of drug-likeness (QED) is 0.259. The molecule has 16 atom stereocenters. The van der Waals surface area contributed by atoms with E-state index in [2.05, 4.69) is 0 Å². The summed E-state index contributed by atoms with van der Waals surface area (Å²) < 4.78 is 30.1. The van der Waals surface area contributed by atoms with Crippen molar-refractivity contribution in [2.75, 3.05) is 0 Å². The van der Waals surface area contributed by atoms with Crippen LogP contribution in [0.1, 0.15) is 68.7 Å². The zero-order chi connectivity index (χ0) is 34.5. The van der Waals surface area contributed by atoms with Crippen molar-refractivity contribution in [3.8, 4) is 0 Å². The molecule has 0 bridgehead atoms. The minimum absolute atomic E-state index is 0.262. The number of ketones is 1. The number of rotatable bonds is 3. The summed E-state index contributed by atoms with van der Waals surface area (Å²) in [5.41, 5.74) is -5.24. The summed E-state index contributed by atoms with van der Waals surface area (Å²) in [4.78, 5) is 66.0. The second kappa shape index (κ2) is 9.68. The maximum absolute atomic E-state index is 14.4. The molecular weight excluding hydrogens is 612 g/mol. The lowest BCUT2D eigenvalue weighted by atomic mass is 9.43. The van der Waals surface area contributed by atoms with Crippen LogP contribution in [0.2, 0.25) is 0 Å². The number of aliphatic hydroxyl groups excluding tert-OH is 1. The highest BCUT2D eigenvalue weighted by atomic mass is 16.6. The molecule has 3 saturated carbocycles. The standard InChI is InChI=1S/C35H44O12/c1-12-10-19-34(8,35(9,42)31(41)47-19)24-21(12)33(7)23(28(24)43-14(3)36)20-22(13(2)29(33)44-15(4)37)32(6)17(25(39)26(20)40)11-18-27(46-18)30(32)45-16(5)38/h10,12-13,17-18,21-24,27-30,40,42H,11H2,1-9H3/t12-,13+,17-,18+,21+,22+,23-,24+,27+,28-,29+,30+,32+,33-,34+,35-/m1/s1. The Morgan fingerprint density at radius 1 is 0.872 bits per heavy atom. The van der Waals surface area contributed by atoms with Gasteiger partial charge in [0.1, 0.15) is 30.2 Å². The number of allylic oxidation sites excluding steroid dienone is 2. The minimum atomic E-state index is -2.02. The molecule has 0 radical (unpaired) electrons. The van der Waals surface area contributed by atoms with Crippen LogP contribution >= 0.6 is 0 Å². The van der Waals surface area contributed by atoms with Crippen molar-refractivity contribution >= 4 is 29.7 Å². The van der Waals surface area contributed by atoms with Gasteiger partial charge in [0.2, 0.25) is 5.78 Å². The van der Waals surface area contributed by atoms with Gasteiger partial charge in [-0.25, -0.2) is 4.79 Å². The van der Waals surface area contributed by atoms with Gasteiger partial charge in [0.05, 0.1) is 11.5 Å². The normalized spacial score (nSPS) is 52.0. The third-order valence-electron chi connectivity index (χ3n) is 13.6. The number of carbonyl (C=O) groups is 5. The van der Waals surface area contributed by atoms with Crippen LogP contribution in [0, 0.1) is 57.7 Å². The fourth-order valence-electron chi connectivity index (χ4n) is 11.9. The summed E-state index contributed by atoms with van der Waals surface area (Å²) in [5.74, 6) is -7.71. The van der Waals surface area contributed by atoms with Gasteiger partial charge in [-0.1, -0.05) is 27.7 Å². The number of Topliss-reactive ketones (excluding diaryl/α,β-unsaturated/α-hetero) is 1. The summed E-state index contributed by atoms with van der Waals surface area (Å²) in [7, 11) is 0. The summed E-state index contributed by atoms with van der Waals surface area (Å²) in [5, 5.41) is 23.9. The van der Waals surface area contributed by atoms with Crippen LogP contribution in [0.4, 0.5) is 0 Å². The summed E-state index contributed by atoms with van der Waals surface area (Å²) in [6.07, 6.45) is -1.39. The van der Waals surface area contributed by atoms with Crippen molar-refractivity contribution in [3.05, 3.63) is 23.2 Å². The molecule has 5 aliphatic carbocycles. The number of esters is 4. The van der Waals surface area contributed by atoms with Crippen molar-refractivity contribution < 1.29 is 57.9 Å². The molecule has 12 nitrogen and oxygen atoms in total. The van der Waals surface area contributed by atoms with Gasteiger partial charge in [0, 0.05) is 61.2 Å². The van der Waals surface area contributed by atoms with Crippen molar-refractivity contribution in [2.24, 2.45) is 57.7 Å². The number of epoxide rings is 1. The average molecular weight is 657 g/mol. The molecule has 0 aromatic rings. The molecule has 7 aliphatic rings. The molecule has 0 aromatic heterocycles. The first-order valence-electron chi connectivity index (χ1n) is 16.6. The van der Waals surface area contributed by atoms with E-state index >= 15 is 0 Å². The van der Waals surface area contributed by atoms with Crippen molar-refractivity contribution in [1.29, 1.82) is 0 Å². The molecule has 2 saturated heterocycles. The Balaban J connectivity index is 1.52. The van der Waals surface area contributed by atoms with Crippen molar-refractivity contribution in [1.82, 2.24) is 0 Å². The Labute approximate surface area is 273 Å². The van der Waals surface area contributed by atoms with Gasteiger partial charge >= 0.3 is 23.9 Å². The molecule has 2 aliphatic heterocycles. The first kappa shape index (κ1) is 32.3. The monoisotopic (exact) mass is 656 g/mol. The molecule has 0 amide bonds. The number of carbonyl (C=O) groups excluding carboxylic acids is 5. The summed E-state index contributed by atoms with van der Waals surface area (Å²) in [6, 6.07) is 0. The molecule has 0 spiro atoms. The van der Waals surface area contributed by atoms with Crippen molar-refractivity contribution in [2.45, 2.75) is 105 Å². The molecule has 2 heterocycles. The SMILES string of the molecule is CC(=O)O[C@H]1[C@@H]2[C@H]([C@H](C)C=C3OC(=O)[C@@](C)(O)[C@@]32C)[C@]2(C)[C@@H]1C1=C(O)C(=O)[C@H]3C[C@@H]4O[C@@H]4[C@H](OC(C)=O)[C@]3(C)[C@H]1[C@H](C)[C@@H]2OC(C)=O. The third-order valence-corrected chi connectivity index (χ3v) is 13.6. The minimum Gasteiger partial charge on any atom is -0.504 e. The maximum Gasteiger partial charge on any atom is 0.343 e. The van der Waals surface area contributed by atoms with Gasteiger partial charge in [-0.2, -0.15) is 0 Å². The fraction of sp³-hybridized carbons (Fsp3) is 0.743. The fourth-order valence-corrected chi connectivity index (χ4v) is 11.9. The largest absolute Gasteiger partial charge is 0.504 e. The number of ether oxygens (including phenoxy) is 5. The average Bonchev–Trinajstić information content (AvgIpc) is 3.65. The molecular formula is C35H44O12. The molecule has 256 valence electrons. The van der Waals surface area contributed by atoms with Crippen LogP contribution in [-0.4, -0.2) is 76.0 Å². The van der Waals surface area contributed by atoms with Crippen molar-refractivity contribution in [3.63, 3.8) is 0 Å². The summed E-state index contributed by atoms with van der Waals surface area (Å²) >= 11 is 0. The molecule has 5 fully saturated rings. The second-order valence-corrected chi connectivity index (χ2v) is 15.9. The molecule has 0 unspecified atom stereocenters. The van der Waals surface area contributed by atoms with E-state index in [4.69, 9.17) is 23.7 Å². The Morgan fingerprint density at radius 3 is 2.06 bits per heavy atom. The van der Waals surface area contributed by atoms with Crippen LogP contribution in [0.15, 0.2) is 23.2 Å². The van der Waals surface area contributed by atoms with Gasteiger partial charge in [-0.15, -0.1) is 0 Å². The van der Waals surface area contributed by atoms with E-state index in [1.54, 1.807) is 13.0 Å².